The van der Waals surface area contributed by atoms with Gasteiger partial charge < -0.3 is 20.1 Å². The maximum absolute atomic E-state index is 5.67. The van der Waals surface area contributed by atoms with Gasteiger partial charge in [-0.2, -0.15) is 0 Å². The van der Waals surface area contributed by atoms with Gasteiger partial charge in [0.1, 0.15) is 5.75 Å². The first kappa shape index (κ1) is 25.4. The lowest BCUT2D eigenvalue weighted by Crippen LogP contribution is -2.41. The number of benzene rings is 1. The molecule has 0 amide bonds. The molecule has 2 heterocycles. The van der Waals surface area contributed by atoms with E-state index in [9.17, 15) is 0 Å². The van der Waals surface area contributed by atoms with Crippen molar-refractivity contribution in [2.75, 3.05) is 39.5 Å². The van der Waals surface area contributed by atoms with E-state index in [1.807, 2.05) is 25.3 Å². The van der Waals surface area contributed by atoms with Crippen LogP contribution in [-0.4, -0.2) is 50.4 Å². The second-order valence-corrected chi connectivity index (χ2v) is 7.54. The van der Waals surface area contributed by atoms with Gasteiger partial charge in [0.15, 0.2) is 5.96 Å². The average Bonchev–Trinajstić information content (AvgIpc) is 2.79. The highest BCUT2D eigenvalue weighted by atomic mass is 127. The van der Waals surface area contributed by atoms with Crippen LogP contribution in [0.1, 0.15) is 37.9 Å². The van der Waals surface area contributed by atoms with Gasteiger partial charge in [0.2, 0.25) is 0 Å². The first-order chi connectivity index (χ1) is 14.8. The lowest BCUT2D eigenvalue weighted by Gasteiger charge is -2.36. The number of nitrogens with zero attached hydrogens (tertiary/aromatic N) is 2. The van der Waals surface area contributed by atoms with Crippen LogP contribution in [0.5, 0.6) is 5.75 Å². The highest BCUT2D eigenvalue weighted by Crippen LogP contribution is 2.36. The quantitative estimate of drug-likeness (QED) is 0.288. The van der Waals surface area contributed by atoms with Crippen molar-refractivity contribution in [1.29, 1.82) is 0 Å². The van der Waals surface area contributed by atoms with Crippen LogP contribution in [0.15, 0.2) is 53.7 Å². The minimum absolute atomic E-state index is 0. The predicted octanol–water partition coefficient (Wildman–Crippen LogP) is 3.94. The second-order valence-electron chi connectivity index (χ2n) is 7.54. The van der Waals surface area contributed by atoms with Gasteiger partial charge in [0, 0.05) is 50.0 Å². The third kappa shape index (κ3) is 7.64. The molecule has 1 fully saturated rings. The Hall–Kier alpha value is -1.87. The van der Waals surface area contributed by atoms with Crippen molar-refractivity contribution < 1.29 is 9.47 Å². The second kappa shape index (κ2) is 13.5. The first-order valence-corrected chi connectivity index (χ1v) is 11.0. The molecular weight excluding hydrogens is 503 g/mol. The van der Waals surface area contributed by atoms with E-state index in [2.05, 4.69) is 52.9 Å². The van der Waals surface area contributed by atoms with Crippen molar-refractivity contribution >= 4 is 29.9 Å². The smallest absolute Gasteiger partial charge is 0.191 e. The van der Waals surface area contributed by atoms with E-state index in [1.165, 1.54) is 5.56 Å². The third-order valence-corrected chi connectivity index (χ3v) is 5.51. The summed E-state index contributed by atoms with van der Waals surface area (Å²) in [5.74, 6) is 1.77. The molecule has 3 rings (SSSR count). The number of pyridine rings is 1. The van der Waals surface area contributed by atoms with Crippen LogP contribution in [0.2, 0.25) is 0 Å². The fraction of sp³-hybridized carbons (Fsp3) is 0.500. The van der Waals surface area contributed by atoms with Crippen molar-refractivity contribution in [3.05, 3.63) is 59.9 Å². The van der Waals surface area contributed by atoms with Gasteiger partial charge in [0.25, 0.3) is 0 Å². The standard InChI is InChI=1S/C24H34N4O2.HI/c1-3-25-23(27-16-12-21-7-5-6-15-26-21)28-19-24(13-17-29-18-14-24)20-8-10-22(11-9-20)30-4-2;/h5-11,15H,3-4,12-14,16-19H2,1-2H3,(H2,25,27,28);1H. The first-order valence-electron chi connectivity index (χ1n) is 11.0. The molecule has 0 radical (unpaired) electrons. The lowest BCUT2D eigenvalue weighted by molar-refractivity contribution is 0.0531. The number of hydrogen-bond donors (Lipinski definition) is 2. The average molecular weight is 538 g/mol. The SMILES string of the molecule is CCNC(=NCC1(c2ccc(OCC)cc2)CCOCC1)NCCc1ccccn1.I. The van der Waals surface area contributed by atoms with Gasteiger partial charge in [0.05, 0.1) is 13.2 Å². The van der Waals surface area contributed by atoms with Crippen LogP contribution < -0.4 is 15.4 Å². The molecule has 0 bridgehead atoms. The van der Waals surface area contributed by atoms with E-state index in [0.29, 0.717) is 6.61 Å². The Labute approximate surface area is 203 Å². The van der Waals surface area contributed by atoms with Gasteiger partial charge in [-0.25, -0.2) is 0 Å². The molecule has 170 valence electrons. The number of nitrogens with one attached hydrogen (secondary N) is 2. The summed E-state index contributed by atoms with van der Waals surface area (Å²) in [4.78, 5) is 9.35. The molecule has 1 aromatic carbocycles. The van der Waals surface area contributed by atoms with Crippen molar-refractivity contribution in [2.45, 2.75) is 38.5 Å². The van der Waals surface area contributed by atoms with Gasteiger partial charge >= 0.3 is 0 Å². The summed E-state index contributed by atoms with van der Waals surface area (Å²) in [6.45, 7) is 8.66. The van der Waals surface area contributed by atoms with Crippen LogP contribution >= 0.6 is 24.0 Å². The van der Waals surface area contributed by atoms with Crippen molar-refractivity contribution in [1.82, 2.24) is 15.6 Å². The molecule has 7 heteroatoms. The Morgan fingerprint density at radius 2 is 1.87 bits per heavy atom. The number of guanidine groups is 1. The fourth-order valence-corrected chi connectivity index (χ4v) is 3.80. The Bertz CT molecular complexity index is 778. The van der Waals surface area contributed by atoms with Gasteiger partial charge in [-0.1, -0.05) is 18.2 Å². The van der Waals surface area contributed by atoms with E-state index in [0.717, 1.165) is 69.5 Å². The maximum atomic E-state index is 5.67. The zero-order valence-electron chi connectivity index (χ0n) is 18.6. The van der Waals surface area contributed by atoms with E-state index in [4.69, 9.17) is 14.5 Å². The molecule has 0 spiro atoms. The van der Waals surface area contributed by atoms with Crippen molar-refractivity contribution in [3.63, 3.8) is 0 Å². The summed E-state index contributed by atoms with van der Waals surface area (Å²) in [6.07, 6.45) is 4.64. The Morgan fingerprint density at radius 3 is 2.52 bits per heavy atom. The third-order valence-electron chi connectivity index (χ3n) is 5.51. The Morgan fingerprint density at radius 1 is 1.10 bits per heavy atom. The van der Waals surface area contributed by atoms with Crippen LogP contribution in [0.3, 0.4) is 0 Å². The minimum atomic E-state index is -0.00761. The summed E-state index contributed by atoms with van der Waals surface area (Å²) in [5.41, 5.74) is 2.38. The Kier molecular flexibility index (Phi) is 11.1. The van der Waals surface area contributed by atoms with Crippen molar-refractivity contribution in [2.24, 2.45) is 4.99 Å². The number of aliphatic imine (C=N–C) groups is 1. The van der Waals surface area contributed by atoms with E-state index in [1.54, 1.807) is 0 Å². The number of halogens is 1. The molecule has 0 atom stereocenters. The summed E-state index contributed by atoms with van der Waals surface area (Å²) in [7, 11) is 0. The number of aromatic nitrogens is 1. The Balaban J connectivity index is 0.00000341. The van der Waals surface area contributed by atoms with Crippen LogP contribution in [0.25, 0.3) is 0 Å². The molecule has 2 N–H and O–H groups in total. The minimum Gasteiger partial charge on any atom is -0.494 e. The zero-order valence-corrected chi connectivity index (χ0v) is 20.9. The largest absolute Gasteiger partial charge is 0.494 e. The molecule has 1 aromatic heterocycles. The van der Waals surface area contributed by atoms with E-state index < -0.39 is 0 Å². The molecule has 1 aliphatic heterocycles. The number of ether oxygens (including phenoxy) is 2. The topological polar surface area (TPSA) is 67.8 Å². The summed E-state index contributed by atoms with van der Waals surface area (Å²) in [6, 6.07) is 14.5. The monoisotopic (exact) mass is 538 g/mol. The molecule has 31 heavy (non-hydrogen) atoms. The van der Waals surface area contributed by atoms with Crippen LogP contribution in [0, 0.1) is 0 Å². The molecule has 1 saturated heterocycles. The van der Waals surface area contributed by atoms with Gasteiger partial charge in [-0.3, -0.25) is 9.98 Å². The maximum Gasteiger partial charge on any atom is 0.191 e. The van der Waals surface area contributed by atoms with E-state index in [-0.39, 0.29) is 29.4 Å². The normalized spacial score (nSPS) is 15.6. The van der Waals surface area contributed by atoms with Crippen LogP contribution in [-0.2, 0) is 16.6 Å². The predicted molar refractivity (Wildman–Crippen MR) is 137 cm³/mol. The highest BCUT2D eigenvalue weighted by Gasteiger charge is 2.34. The van der Waals surface area contributed by atoms with Crippen LogP contribution in [0.4, 0.5) is 0 Å². The molecule has 0 saturated carbocycles. The number of rotatable bonds is 9. The van der Waals surface area contributed by atoms with Gasteiger partial charge in [-0.15, -0.1) is 24.0 Å². The fourth-order valence-electron chi connectivity index (χ4n) is 3.80. The molecule has 1 aliphatic rings. The number of hydrogen-bond acceptors (Lipinski definition) is 4. The lowest BCUT2D eigenvalue weighted by atomic mass is 9.74. The highest BCUT2D eigenvalue weighted by molar-refractivity contribution is 14.0. The van der Waals surface area contributed by atoms with Crippen molar-refractivity contribution in [3.8, 4) is 5.75 Å². The van der Waals surface area contributed by atoms with Gasteiger partial charge in [-0.05, 0) is 56.5 Å². The van der Waals surface area contributed by atoms with E-state index >= 15 is 0 Å². The summed E-state index contributed by atoms with van der Waals surface area (Å²) < 4.78 is 11.3. The zero-order chi connectivity index (χ0) is 21.1. The molecule has 6 nitrogen and oxygen atoms in total. The molecular formula is C24H35IN4O2. The molecule has 0 unspecified atom stereocenters. The molecule has 0 aliphatic carbocycles. The molecule has 2 aromatic rings. The summed E-state index contributed by atoms with van der Waals surface area (Å²) in [5, 5.41) is 6.82. The summed E-state index contributed by atoms with van der Waals surface area (Å²) >= 11 is 0.